The standard InChI is InChI=1S/C23H27ClN4/c1-2-28-14-12-25-23(28)17-27-13-6-8-19(16-27)22-11-5-9-20(26-22)15-18-7-3-4-10-21(18)24/h3-5,7,9-12,14,19H,2,6,8,13,15-17H2,1H3. The minimum atomic E-state index is 0.477. The number of likely N-dealkylation sites (tertiary alicyclic amines) is 1. The monoisotopic (exact) mass is 394 g/mol. The van der Waals surface area contributed by atoms with E-state index in [-0.39, 0.29) is 0 Å². The molecule has 0 saturated carbocycles. The van der Waals surface area contributed by atoms with E-state index < -0.39 is 0 Å². The molecule has 1 fully saturated rings. The van der Waals surface area contributed by atoms with Gasteiger partial charge in [-0.1, -0.05) is 35.9 Å². The van der Waals surface area contributed by atoms with Gasteiger partial charge in [0.15, 0.2) is 0 Å². The number of piperidine rings is 1. The van der Waals surface area contributed by atoms with Gasteiger partial charge in [-0.25, -0.2) is 4.98 Å². The van der Waals surface area contributed by atoms with Crippen LogP contribution in [-0.2, 0) is 19.5 Å². The van der Waals surface area contributed by atoms with Crippen LogP contribution >= 0.6 is 11.6 Å². The van der Waals surface area contributed by atoms with Crippen molar-refractivity contribution in [3.05, 3.63) is 82.7 Å². The Morgan fingerprint density at radius 2 is 2.04 bits per heavy atom. The van der Waals surface area contributed by atoms with Crippen LogP contribution in [-0.4, -0.2) is 32.5 Å². The van der Waals surface area contributed by atoms with Crippen molar-refractivity contribution in [3.63, 3.8) is 0 Å². The first-order valence-electron chi connectivity index (χ1n) is 10.1. The summed E-state index contributed by atoms with van der Waals surface area (Å²) in [5.41, 5.74) is 3.42. The number of hydrogen-bond donors (Lipinski definition) is 0. The molecule has 146 valence electrons. The summed E-state index contributed by atoms with van der Waals surface area (Å²) >= 11 is 6.33. The molecule has 1 aliphatic rings. The predicted molar refractivity (Wildman–Crippen MR) is 114 cm³/mol. The van der Waals surface area contributed by atoms with E-state index >= 15 is 0 Å². The van der Waals surface area contributed by atoms with Gasteiger partial charge in [0.2, 0.25) is 0 Å². The van der Waals surface area contributed by atoms with Crippen LogP contribution in [0.5, 0.6) is 0 Å². The van der Waals surface area contributed by atoms with Crippen LogP contribution < -0.4 is 0 Å². The summed E-state index contributed by atoms with van der Waals surface area (Å²) in [5, 5.41) is 0.810. The normalized spacial score (nSPS) is 17.7. The Balaban J connectivity index is 1.45. The van der Waals surface area contributed by atoms with Crippen LogP contribution in [0.1, 0.15) is 48.5 Å². The topological polar surface area (TPSA) is 34.0 Å². The molecule has 0 spiro atoms. The molecule has 4 nitrogen and oxygen atoms in total. The molecule has 1 saturated heterocycles. The largest absolute Gasteiger partial charge is 0.334 e. The number of aromatic nitrogens is 3. The highest BCUT2D eigenvalue weighted by Gasteiger charge is 2.23. The fraction of sp³-hybridized carbons (Fsp3) is 0.391. The second-order valence-corrected chi connectivity index (χ2v) is 7.93. The van der Waals surface area contributed by atoms with E-state index in [1.807, 2.05) is 24.4 Å². The summed E-state index contributed by atoms with van der Waals surface area (Å²) in [5.74, 6) is 1.63. The van der Waals surface area contributed by atoms with E-state index in [1.54, 1.807) is 0 Å². The molecule has 1 aromatic carbocycles. The molecule has 3 aromatic rings. The van der Waals surface area contributed by atoms with Gasteiger partial charge in [-0.05, 0) is 50.1 Å². The number of hydrogen-bond acceptors (Lipinski definition) is 3. The lowest BCUT2D eigenvalue weighted by Gasteiger charge is -2.32. The number of halogens is 1. The summed E-state index contributed by atoms with van der Waals surface area (Å²) in [6, 6.07) is 14.4. The maximum absolute atomic E-state index is 6.33. The van der Waals surface area contributed by atoms with Gasteiger partial charge in [0.05, 0.1) is 6.54 Å². The smallest absolute Gasteiger partial charge is 0.122 e. The van der Waals surface area contributed by atoms with Crippen molar-refractivity contribution >= 4 is 11.6 Å². The molecule has 0 amide bonds. The van der Waals surface area contributed by atoms with E-state index in [0.29, 0.717) is 5.92 Å². The highest BCUT2D eigenvalue weighted by Crippen LogP contribution is 2.27. The lowest BCUT2D eigenvalue weighted by Crippen LogP contribution is -2.35. The Hall–Kier alpha value is -2.17. The van der Waals surface area contributed by atoms with Crippen molar-refractivity contribution in [1.29, 1.82) is 0 Å². The minimum absolute atomic E-state index is 0.477. The third kappa shape index (κ3) is 4.45. The van der Waals surface area contributed by atoms with Gasteiger partial charge in [-0.15, -0.1) is 0 Å². The van der Waals surface area contributed by atoms with Crippen molar-refractivity contribution in [2.45, 2.75) is 45.2 Å². The molecule has 4 rings (SSSR count). The second kappa shape index (κ2) is 8.89. The Morgan fingerprint density at radius 1 is 1.14 bits per heavy atom. The zero-order valence-corrected chi connectivity index (χ0v) is 17.1. The van der Waals surface area contributed by atoms with E-state index in [4.69, 9.17) is 16.6 Å². The van der Waals surface area contributed by atoms with Crippen LogP contribution in [0, 0.1) is 0 Å². The van der Waals surface area contributed by atoms with Gasteiger partial charge in [0.1, 0.15) is 5.82 Å². The summed E-state index contributed by atoms with van der Waals surface area (Å²) in [4.78, 5) is 12.1. The molecule has 0 N–H and O–H groups in total. The van der Waals surface area contributed by atoms with Crippen LogP contribution in [0.2, 0.25) is 5.02 Å². The van der Waals surface area contributed by atoms with Gasteiger partial charge in [-0.2, -0.15) is 0 Å². The number of rotatable bonds is 6. The van der Waals surface area contributed by atoms with Crippen molar-refractivity contribution in [3.8, 4) is 0 Å². The van der Waals surface area contributed by atoms with Crippen LogP contribution in [0.15, 0.2) is 54.9 Å². The lowest BCUT2D eigenvalue weighted by molar-refractivity contribution is 0.192. The van der Waals surface area contributed by atoms with Crippen molar-refractivity contribution in [2.24, 2.45) is 0 Å². The quantitative estimate of drug-likeness (QED) is 0.595. The molecular formula is C23H27ClN4. The maximum Gasteiger partial charge on any atom is 0.122 e. The summed E-state index contributed by atoms with van der Waals surface area (Å²) in [6.07, 6.45) is 7.14. The average molecular weight is 395 g/mol. The zero-order valence-electron chi connectivity index (χ0n) is 16.4. The molecule has 1 atom stereocenters. The number of aryl methyl sites for hydroxylation is 1. The number of nitrogens with zero attached hydrogens (tertiary/aromatic N) is 4. The van der Waals surface area contributed by atoms with Crippen molar-refractivity contribution in [1.82, 2.24) is 19.4 Å². The second-order valence-electron chi connectivity index (χ2n) is 7.53. The van der Waals surface area contributed by atoms with E-state index in [0.717, 1.165) is 54.7 Å². The van der Waals surface area contributed by atoms with Crippen molar-refractivity contribution < 1.29 is 0 Å². The Morgan fingerprint density at radius 3 is 2.89 bits per heavy atom. The summed E-state index contributed by atoms with van der Waals surface area (Å²) in [6.45, 7) is 6.22. The summed E-state index contributed by atoms with van der Waals surface area (Å²) in [7, 11) is 0. The predicted octanol–water partition coefficient (Wildman–Crippen LogP) is 4.92. The molecule has 2 aromatic heterocycles. The molecule has 0 radical (unpaired) electrons. The van der Waals surface area contributed by atoms with Gasteiger partial charge in [0, 0.05) is 54.2 Å². The summed E-state index contributed by atoms with van der Waals surface area (Å²) < 4.78 is 2.23. The molecule has 3 heterocycles. The van der Waals surface area contributed by atoms with Crippen molar-refractivity contribution in [2.75, 3.05) is 13.1 Å². The van der Waals surface area contributed by atoms with Crippen LogP contribution in [0.3, 0.4) is 0 Å². The van der Waals surface area contributed by atoms with E-state index in [2.05, 4.69) is 51.8 Å². The van der Waals surface area contributed by atoms with E-state index in [1.165, 1.54) is 18.5 Å². The highest BCUT2D eigenvalue weighted by molar-refractivity contribution is 6.31. The van der Waals surface area contributed by atoms with E-state index in [9.17, 15) is 0 Å². The van der Waals surface area contributed by atoms with Crippen LogP contribution in [0.25, 0.3) is 0 Å². The zero-order chi connectivity index (χ0) is 19.3. The number of imidazole rings is 1. The Bertz CT molecular complexity index is 920. The highest BCUT2D eigenvalue weighted by atomic mass is 35.5. The first-order valence-corrected chi connectivity index (χ1v) is 10.5. The SMILES string of the molecule is CCn1ccnc1CN1CCCC(c2cccc(Cc3ccccc3Cl)n2)C1. The average Bonchev–Trinajstić information content (AvgIpc) is 3.17. The Labute approximate surface area is 172 Å². The molecule has 1 aliphatic heterocycles. The lowest BCUT2D eigenvalue weighted by atomic mass is 9.94. The van der Waals surface area contributed by atoms with Gasteiger partial charge < -0.3 is 4.57 Å². The number of pyridine rings is 1. The number of benzene rings is 1. The third-order valence-electron chi connectivity index (χ3n) is 5.59. The molecule has 1 unspecified atom stereocenters. The molecule has 0 bridgehead atoms. The van der Waals surface area contributed by atoms with Gasteiger partial charge >= 0.3 is 0 Å². The van der Waals surface area contributed by atoms with Gasteiger partial charge in [-0.3, -0.25) is 9.88 Å². The minimum Gasteiger partial charge on any atom is -0.334 e. The molecule has 0 aliphatic carbocycles. The first kappa shape index (κ1) is 19.2. The molecule has 28 heavy (non-hydrogen) atoms. The molecule has 5 heteroatoms. The van der Waals surface area contributed by atoms with Gasteiger partial charge in [0.25, 0.3) is 0 Å². The fourth-order valence-corrected chi connectivity index (χ4v) is 4.28. The first-order chi connectivity index (χ1) is 13.7. The molecular weight excluding hydrogens is 368 g/mol. The third-order valence-corrected chi connectivity index (χ3v) is 5.96. The maximum atomic E-state index is 6.33. The Kier molecular flexibility index (Phi) is 6.08. The van der Waals surface area contributed by atoms with Crippen LogP contribution in [0.4, 0.5) is 0 Å². The fourth-order valence-electron chi connectivity index (χ4n) is 4.08.